The summed E-state index contributed by atoms with van der Waals surface area (Å²) in [4.78, 5) is 27.9. The van der Waals surface area contributed by atoms with Gasteiger partial charge in [0.05, 0.1) is 12.2 Å². The minimum Gasteiger partial charge on any atom is -0.482 e. The molecule has 0 atom stereocenters. The van der Waals surface area contributed by atoms with Crippen molar-refractivity contribution in [1.29, 1.82) is 0 Å². The van der Waals surface area contributed by atoms with Crippen LogP contribution in [-0.2, 0) is 4.79 Å². The van der Waals surface area contributed by atoms with Crippen LogP contribution in [0.2, 0.25) is 0 Å². The molecule has 0 unspecified atom stereocenters. The molecule has 1 aromatic rings. The molecule has 118 valence electrons. The van der Waals surface area contributed by atoms with Crippen LogP contribution in [-0.4, -0.2) is 49.9 Å². The molecule has 0 aliphatic carbocycles. The zero-order valence-corrected chi connectivity index (χ0v) is 13.2. The Morgan fingerprint density at radius 3 is 2.77 bits per heavy atom. The molecule has 5 nitrogen and oxygen atoms in total. The van der Waals surface area contributed by atoms with Crippen molar-refractivity contribution in [3.05, 3.63) is 23.8 Å². The number of hydrogen-bond acceptors (Lipinski definition) is 4. The number of carbonyl (C=O) groups is 2. The largest absolute Gasteiger partial charge is 0.482 e. The molecule has 2 heterocycles. The number of fused-ring (bicyclic) bond motifs is 1. The molecule has 1 amide bonds. The van der Waals surface area contributed by atoms with Crippen molar-refractivity contribution in [2.45, 2.75) is 19.8 Å². The van der Waals surface area contributed by atoms with Crippen molar-refractivity contribution >= 4 is 17.4 Å². The highest BCUT2D eigenvalue weighted by Crippen LogP contribution is 2.32. The lowest BCUT2D eigenvalue weighted by molar-refractivity contribution is -0.120. The zero-order chi connectivity index (χ0) is 15.7. The van der Waals surface area contributed by atoms with Crippen LogP contribution < -0.4 is 9.64 Å². The fraction of sp³-hybridized carbons (Fsp3) is 0.529. The topological polar surface area (TPSA) is 49.9 Å². The van der Waals surface area contributed by atoms with E-state index in [0.717, 1.165) is 31.8 Å². The maximum absolute atomic E-state index is 12.5. The molecule has 0 radical (unpaired) electrons. The van der Waals surface area contributed by atoms with E-state index in [0.29, 0.717) is 23.5 Å². The molecule has 0 aromatic heterocycles. The predicted octanol–water partition coefficient (Wildman–Crippen LogP) is 1.96. The van der Waals surface area contributed by atoms with Gasteiger partial charge in [0.2, 0.25) is 0 Å². The van der Waals surface area contributed by atoms with Gasteiger partial charge >= 0.3 is 0 Å². The molecule has 0 N–H and O–H groups in total. The molecule has 2 aliphatic rings. The van der Waals surface area contributed by atoms with E-state index in [1.807, 2.05) is 0 Å². The van der Waals surface area contributed by atoms with E-state index < -0.39 is 0 Å². The fourth-order valence-corrected chi connectivity index (χ4v) is 2.96. The van der Waals surface area contributed by atoms with Gasteiger partial charge in [0, 0.05) is 12.6 Å². The molecule has 2 aliphatic heterocycles. The monoisotopic (exact) mass is 302 g/mol. The Hall–Kier alpha value is -1.88. The van der Waals surface area contributed by atoms with Crippen molar-refractivity contribution in [3.8, 4) is 5.75 Å². The molecule has 1 fully saturated rings. The normalized spacial score (nSPS) is 19.7. The smallest absolute Gasteiger partial charge is 0.264 e. The third-order valence-electron chi connectivity index (χ3n) is 4.61. The van der Waals surface area contributed by atoms with Gasteiger partial charge in [-0.2, -0.15) is 0 Å². The Balaban J connectivity index is 1.72. The Morgan fingerprint density at radius 1 is 1.32 bits per heavy atom. The number of rotatable bonds is 3. The minimum absolute atomic E-state index is 0.0583. The SMILES string of the molecule is CC1CCN(CC(=O)c2ccc3c(c2)N(C)C(=O)CO3)CC1. The molecule has 0 spiro atoms. The molecule has 3 rings (SSSR count). The molecular formula is C17H22N2O3. The summed E-state index contributed by atoms with van der Waals surface area (Å²) in [7, 11) is 1.71. The number of piperidine rings is 1. The maximum Gasteiger partial charge on any atom is 0.264 e. The highest BCUT2D eigenvalue weighted by atomic mass is 16.5. The first kappa shape index (κ1) is 15.0. The Kier molecular flexibility index (Phi) is 4.16. The Morgan fingerprint density at radius 2 is 2.05 bits per heavy atom. The van der Waals surface area contributed by atoms with Crippen molar-refractivity contribution < 1.29 is 14.3 Å². The van der Waals surface area contributed by atoms with E-state index in [1.54, 1.807) is 30.1 Å². The van der Waals surface area contributed by atoms with Gasteiger partial charge in [-0.1, -0.05) is 6.92 Å². The summed E-state index contributed by atoms with van der Waals surface area (Å²) in [6, 6.07) is 5.34. The van der Waals surface area contributed by atoms with Crippen LogP contribution in [0.4, 0.5) is 5.69 Å². The van der Waals surface area contributed by atoms with E-state index >= 15 is 0 Å². The number of nitrogens with zero attached hydrogens (tertiary/aromatic N) is 2. The first-order valence-corrected chi connectivity index (χ1v) is 7.83. The minimum atomic E-state index is -0.0953. The molecule has 1 saturated heterocycles. The second-order valence-electron chi connectivity index (χ2n) is 6.31. The number of carbonyl (C=O) groups excluding carboxylic acids is 2. The summed E-state index contributed by atoms with van der Waals surface area (Å²) in [6.07, 6.45) is 2.31. The zero-order valence-electron chi connectivity index (χ0n) is 13.2. The third-order valence-corrected chi connectivity index (χ3v) is 4.61. The Bertz CT molecular complexity index is 592. The van der Waals surface area contributed by atoms with Gasteiger partial charge in [-0.05, 0) is 50.0 Å². The molecule has 5 heteroatoms. The van der Waals surface area contributed by atoms with Crippen molar-refractivity contribution in [2.24, 2.45) is 5.92 Å². The number of likely N-dealkylation sites (N-methyl/N-ethyl adjacent to an activating group) is 1. The van der Waals surface area contributed by atoms with Crippen LogP contribution in [0, 0.1) is 5.92 Å². The third kappa shape index (κ3) is 2.99. The second kappa shape index (κ2) is 6.08. The molecule has 0 bridgehead atoms. The van der Waals surface area contributed by atoms with Crippen molar-refractivity contribution in [2.75, 3.05) is 38.2 Å². The number of ether oxygens (including phenoxy) is 1. The lowest BCUT2D eigenvalue weighted by atomic mass is 9.98. The lowest BCUT2D eigenvalue weighted by Crippen LogP contribution is -2.37. The molecule has 0 saturated carbocycles. The van der Waals surface area contributed by atoms with Crippen LogP contribution in [0.25, 0.3) is 0 Å². The van der Waals surface area contributed by atoms with E-state index in [-0.39, 0.29) is 18.3 Å². The standard InChI is InChI=1S/C17H22N2O3/c1-12-5-7-19(8-6-12)10-15(20)13-3-4-16-14(9-13)18(2)17(21)11-22-16/h3-4,9,12H,5-8,10-11H2,1-2H3. The quantitative estimate of drug-likeness (QED) is 0.801. The number of Topliss-reactive ketones (excluding diaryl/α,β-unsaturated/α-hetero) is 1. The predicted molar refractivity (Wildman–Crippen MR) is 84.5 cm³/mol. The van der Waals surface area contributed by atoms with Crippen LogP contribution >= 0.6 is 0 Å². The highest BCUT2D eigenvalue weighted by Gasteiger charge is 2.24. The summed E-state index contributed by atoms with van der Waals surface area (Å²) < 4.78 is 5.39. The summed E-state index contributed by atoms with van der Waals surface area (Å²) in [5, 5.41) is 0. The molecule has 1 aromatic carbocycles. The van der Waals surface area contributed by atoms with Gasteiger partial charge in [0.25, 0.3) is 5.91 Å². The van der Waals surface area contributed by atoms with Gasteiger partial charge in [-0.15, -0.1) is 0 Å². The second-order valence-corrected chi connectivity index (χ2v) is 6.31. The van der Waals surface area contributed by atoms with Crippen molar-refractivity contribution in [3.63, 3.8) is 0 Å². The van der Waals surface area contributed by atoms with Gasteiger partial charge in [-0.3, -0.25) is 14.5 Å². The average Bonchev–Trinajstić information content (AvgIpc) is 2.53. The lowest BCUT2D eigenvalue weighted by Gasteiger charge is -2.30. The fourth-order valence-electron chi connectivity index (χ4n) is 2.96. The molecular weight excluding hydrogens is 280 g/mol. The highest BCUT2D eigenvalue weighted by molar-refractivity contribution is 6.02. The first-order valence-electron chi connectivity index (χ1n) is 7.83. The number of likely N-dealkylation sites (tertiary alicyclic amines) is 1. The number of amides is 1. The number of ketones is 1. The number of hydrogen-bond donors (Lipinski definition) is 0. The average molecular weight is 302 g/mol. The summed E-state index contributed by atoms with van der Waals surface area (Å²) in [5.74, 6) is 1.42. The summed E-state index contributed by atoms with van der Waals surface area (Å²) >= 11 is 0. The van der Waals surface area contributed by atoms with E-state index in [1.165, 1.54) is 0 Å². The van der Waals surface area contributed by atoms with Gasteiger partial charge in [0.15, 0.2) is 12.4 Å². The van der Waals surface area contributed by atoms with Gasteiger partial charge in [-0.25, -0.2) is 0 Å². The number of anilines is 1. The van der Waals surface area contributed by atoms with Gasteiger partial charge < -0.3 is 9.64 Å². The van der Waals surface area contributed by atoms with Crippen molar-refractivity contribution in [1.82, 2.24) is 4.90 Å². The molecule has 22 heavy (non-hydrogen) atoms. The number of benzene rings is 1. The van der Waals surface area contributed by atoms with Gasteiger partial charge in [0.1, 0.15) is 5.75 Å². The van der Waals surface area contributed by atoms with Crippen LogP contribution in [0.15, 0.2) is 18.2 Å². The van der Waals surface area contributed by atoms with Crippen LogP contribution in [0.1, 0.15) is 30.1 Å². The first-order chi connectivity index (χ1) is 10.5. The van der Waals surface area contributed by atoms with E-state index in [2.05, 4.69) is 11.8 Å². The summed E-state index contributed by atoms with van der Waals surface area (Å²) in [5.41, 5.74) is 1.32. The summed E-state index contributed by atoms with van der Waals surface area (Å²) in [6.45, 7) is 4.74. The van der Waals surface area contributed by atoms with E-state index in [9.17, 15) is 9.59 Å². The van der Waals surface area contributed by atoms with E-state index in [4.69, 9.17) is 4.74 Å². The Labute approximate surface area is 130 Å². The maximum atomic E-state index is 12.5. The van der Waals surface area contributed by atoms with Crippen LogP contribution in [0.3, 0.4) is 0 Å². The van der Waals surface area contributed by atoms with Crippen LogP contribution in [0.5, 0.6) is 5.75 Å².